The smallest absolute Gasteiger partial charge is 0.302 e. The molecule has 0 N–H and O–H groups in total. The van der Waals surface area contributed by atoms with E-state index in [0.717, 1.165) is 72.4 Å². The number of allylic oxidation sites excluding steroid dienone is 1. The number of piperidine rings is 1. The predicted molar refractivity (Wildman–Crippen MR) is 224 cm³/mol. The number of nitrogens with zero attached hydrogens (tertiary/aromatic N) is 3. The summed E-state index contributed by atoms with van der Waals surface area (Å²) in [7, 11) is -3.74. The molecule has 9 heteroatoms. The second-order valence-electron chi connectivity index (χ2n) is 12.2. The van der Waals surface area contributed by atoms with Crippen molar-refractivity contribution in [2.75, 3.05) is 13.2 Å². The van der Waals surface area contributed by atoms with E-state index in [9.17, 15) is 13.2 Å². The van der Waals surface area contributed by atoms with Crippen LogP contribution in [0, 0.1) is 6.92 Å². The molecule has 1 saturated heterocycles. The summed E-state index contributed by atoms with van der Waals surface area (Å²) in [5.74, 6) is 0.633. The second kappa shape index (κ2) is 26.6. The van der Waals surface area contributed by atoms with Gasteiger partial charge in [0, 0.05) is 25.6 Å². The van der Waals surface area contributed by atoms with E-state index in [1.807, 2.05) is 108 Å². The summed E-state index contributed by atoms with van der Waals surface area (Å²) in [5, 5.41) is 0.125. The van der Waals surface area contributed by atoms with Crippen molar-refractivity contribution in [1.29, 1.82) is 0 Å². The van der Waals surface area contributed by atoms with Gasteiger partial charge >= 0.3 is 5.97 Å². The van der Waals surface area contributed by atoms with Crippen molar-refractivity contribution in [3.63, 3.8) is 0 Å². The molecule has 1 heterocycles. The first-order valence-corrected chi connectivity index (χ1v) is 20.7. The Balaban J connectivity index is 0.000000786. The molecule has 0 aliphatic carbocycles. The number of ether oxygens (including phenoxy) is 2. The minimum Gasteiger partial charge on any atom is -0.494 e. The van der Waals surface area contributed by atoms with Crippen LogP contribution in [0.3, 0.4) is 0 Å². The Labute approximate surface area is 321 Å². The van der Waals surface area contributed by atoms with E-state index >= 15 is 0 Å². The monoisotopic (exact) mass is 747 g/mol. The molecule has 53 heavy (non-hydrogen) atoms. The number of carbonyl (C=O) groups is 1. The Morgan fingerprint density at radius 1 is 0.849 bits per heavy atom. The van der Waals surface area contributed by atoms with Gasteiger partial charge in [-0.15, -0.1) is 0 Å². The molecule has 0 spiro atoms. The molecule has 1 atom stereocenters. The number of carbonyl (C=O) groups excluding carboxylic acids is 1. The highest BCUT2D eigenvalue weighted by Crippen LogP contribution is 2.29. The first kappa shape index (κ1) is 46.9. The zero-order valence-electron chi connectivity index (χ0n) is 34.0. The van der Waals surface area contributed by atoms with E-state index in [1.165, 1.54) is 6.92 Å². The largest absolute Gasteiger partial charge is 0.494 e. The SMILES string of the molecule is CC.CC.CC(=O)OCc1ccccc1.CCC/C=C(/N=C(C)Cc1ccc(OCCC)cc1)C1CCCCN1S(=O)(=O)C(C)=Nc1ccccc1C. The number of benzene rings is 3. The van der Waals surface area contributed by atoms with Gasteiger partial charge in [-0.3, -0.25) is 9.79 Å². The molecular weight excluding hydrogens is 683 g/mol. The van der Waals surface area contributed by atoms with Crippen LogP contribution in [0.2, 0.25) is 0 Å². The van der Waals surface area contributed by atoms with E-state index in [4.69, 9.17) is 14.5 Å². The van der Waals surface area contributed by atoms with E-state index in [-0.39, 0.29) is 17.1 Å². The molecule has 0 bridgehead atoms. The van der Waals surface area contributed by atoms with Crippen molar-refractivity contribution in [3.05, 3.63) is 107 Å². The molecule has 3 aromatic rings. The predicted octanol–water partition coefficient (Wildman–Crippen LogP) is 11.2. The highest BCUT2D eigenvalue weighted by molar-refractivity contribution is 8.04. The number of unbranched alkanes of at least 4 members (excludes halogenated alkanes) is 1. The lowest BCUT2D eigenvalue weighted by Gasteiger charge is -2.35. The quantitative estimate of drug-likeness (QED) is 0.0985. The summed E-state index contributed by atoms with van der Waals surface area (Å²) in [6.45, 7) is 20.7. The van der Waals surface area contributed by atoms with Crippen LogP contribution in [-0.2, 0) is 32.6 Å². The van der Waals surface area contributed by atoms with Gasteiger partial charge in [-0.2, -0.15) is 4.31 Å². The normalized spacial score (nSPS) is 15.1. The van der Waals surface area contributed by atoms with Crippen LogP contribution in [-0.4, -0.2) is 48.6 Å². The van der Waals surface area contributed by atoms with Crippen molar-refractivity contribution < 1.29 is 22.7 Å². The number of aliphatic imine (C=N–C) groups is 2. The van der Waals surface area contributed by atoms with Gasteiger partial charge in [-0.1, -0.05) is 121 Å². The lowest BCUT2D eigenvalue weighted by Crippen LogP contribution is -2.46. The number of esters is 1. The molecular formula is C44H65N3O5S. The van der Waals surface area contributed by atoms with Crippen LogP contribution in [0.15, 0.2) is 101 Å². The first-order chi connectivity index (χ1) is 25.5. The fraction of sp³-hybridized carbons (Fsp3) is 0.477. The van der Waals surface area contributed by atoms with Crippen molar-refractivity contribution in [1.82, 2.24) is 4.31 Å². The van der Waals surface area contributed by atoms with Gasteiger partial charge in [0.05, 0.1) is 24.0 Å². The van der Waals surface area contributed by atoms with E-state index in [1.54, 1.807) is 11.2 Å². The van der Waals surface area contributed by atoms with Crippen molar-refractivity contribution in [2.24, 2.45) is 9.98 Å². The molecule has 0 saturated carbocycles. The maximum absolute atomic E-state index is 13.8. The van der Waals surface area contributed by atoms with Crippen LogP contribution in [0.25, 0.3) is 0 Å². The van der Waals surface area contributed by atoms with Gasteiger partial charge < -0.3 is 9.47 Å². The van der Waals surface area contributed by atoms with Crippen LogP contribution in [0.5, 0.6) is 5.75 Å². The zero-order valence-corrected chi connectivity index (χ0v) is 34.8. The molecule has 1 fully saturated rings. The van der Waals surface area contributed by atoms with Gasteiger partial charge in [0.2, 0.25) is 0 Å². The van der Waals surface area contributed by atoms with Gasteiger partial charge in [-0.05, 0) is 81.3 Å². The molecule has 3 aromatic carbocycles. The number of aryl methyl sites for hydroxylation is 1. The second-order valence-corrected chi connectivity index (χ2v) is 14.3. The van der Waals surface area contributed by atoms with Crippen LogP contribution < -0.4 is 4.74 Å². The average molecular weight is 748 g/mol. The summed E-state index contributed by atoms with van der Waals surface area (Å²) in [5.41, 5.74) is 5.61. The van der Waals surface area contributed by atoms with Gasteiger partial charge in [-0.25, -0.2) is 13.4 Å². The molecule has 1 aliphatic rings. The zero-order chi connectivity index (χ0) is 39.6. The third kappa shape index (κ3) is 17.1. The summed E-state index contributed by atoms with van der Waals surface area (Å²) in [4.78, 5) is 19.9. The summed E-state index contributed by atoms with van der Waals surface area (Å²) < 4.78 is 39.7. The van der Waals surface area contributed by atoms with E-state index in [2.05, 4.69) is 37.0 Å². The fourth-order valence-corrected chi connectivity index (χ4v) is 6.83. The summed E-state index contributed by atoms with van der Waals surface area (Å²) >= 11 is 0. The average Bonchev–Trinajstić information content (AvgIpc) is 3.18. The standard InChI is InChI=1S/C31H43N3O3S.C9H10O2.2C2H6/c1-6-8-14-30(32-25(4)23-27-17-19-28(20-18-27)37-22-7-2)31-16-11-12-21-34(31)38(35,36)26(5)33-29-15-10-9-13-24(29)3;1-8(10)11-7-9-5-3-2-4-6-9;2*1-2/h9-10,13-15,17-20,31H,6-8,11-12,16,21-23H2,1-5H3;2-6H,7H2,1H3;2*1-2H3/b30-14+,32-25?,33-26?;;;. The van der Waals surface area contributed by atoms with E-state index < -0.39 is 10.0 Å². The number of para-hydroxylation sites is 1. The minimum absolute atomic E-state index is 0.125. The first-order valence-electron chi connectivity index (χ1n) is 19.3. The number of sulfonamides is 1. The Hall–Kier alpha value is -4.08. The highest BCUT2D eigenvalue weighted by atomic mass is 32.2. The van der Waals surface area contributed by atoms with E-state index in [0.29, 0.717) is 31.9 Å². The molecule has 0 aromatic heterocycles. The lowest BCUT2D eigenvalue weighted by molar-refractivity contribution is -0.142. The Bertz CT molecular complexity index is 1670. The van der Waals surface area contributed by atoms with Crippen LogP contribution in [0.1, 0.15) is 118 Å². The van der Waals surface area contributed by atoms with Crippen molar-refractivity contribution in [2.45, 2.75) is 127 Å². The molecule has 8 nitrogen and oxygen atoms in total. The summed E-state index contributed by atoms with van der Waals surface area (Å²) in [6, 6.07) is 25.0. The van der Waals surface area contributed by atoms with Crippen molar-refractivity contribution >= 4 is 32.4 Å². The molecule has 0 amide bonds. The summed E-state index contributed by atoms with van der Waals surface area (Å²) in [6.07, 6.45) is 8.20. The molecule has 1 unspecified atom stereocenters. The number of hydrogen-bond donors (Lipinski definition) is 0. The molecule has 1 aliphatic heterocycles. The topological polar surface area (TPSA) is 97.6 Å². The maximum Gasteiger partial charge on any atom is 0.302 e. The Kier molecular flexibility index (Phi) is 23.6. The molecule has 4 rings (SSSR count). The Morgan fingerprint density at radius 3 is 2.09 bits per heavy atom. The Morgan fingerprint density at radius 2 is 1.49 bits per heavy atom. The van der Waals surface area contributed by atoms with Gasteiger partial charge in [0.15, 0.2) is 0 Å². The molecule has 292 valence electrons. The number of rotatable bonds is 13. The number of hydrogen-bond acceptors (Lipinski definition) is 7. The maximum atomic E-state index is 13.8. The van der Waals surface area contributed by atoms with Gasteiger partial charge in [0.1, 0.15) is 17.4 Å². The van der Waals surface area contributed by atoms with Crippen LogP contribution in [0.4, 0.5) is 5.69 Å². The third-order valence-corrected chi connectivity index (χ3v) is 9.87. The fourth-order valence-electron chi connectivity index (χ4n) is 5.36. The van der Waals surface area contributed by atoms with Gasteiger partial charge in [0.25, 0.3) is 10.0 Å². The molecule has 0 radical (unpaired) electrons. The minimum atomic E-state index is -3.74. The van der Waals surface area contributed by atoms with Crippen LogP contribution >= 0.6 is 0 Å². The third-order valence-electron chi connectivity index (χ3n) is 7.97. The van der Waals surface area contributed by atoms with Crippen molar-refractivity contribution in [3.8, 4) is 5.75 Å². The lowest BCUT2D eigenvalue weighted by atomic mass is 10.0. The highest BCUT2D eigenvalue weighted by Gasteiger charge is 2.36.